The summed E-state index contributed by atoms with van der Waals surface area (Å²) in [6.45, 7) is 1.20. The minimum absolute atomic E-state index is 0.175. The van der Waals surface area contributed by atoms with Crippen LogP contribution in [0.5, 0.6) is 5.75 Å². The van der Waals surface area contributed by atoms with Gasteiger partial charge in [-0.3, -0.25) is 9.98 Å². The van der Waals surface area contributed by atoms with Gasteiger partial charge >= 0.3 is 0 Å². The first-order chi connectivity index (χ1) is 9.74. The summed E-state index contributed by atoms with van der Waals surface area (Å²) in [5.74, 6) is 0.912. The Bertz CT molecular complexity index is 675. The van der Waals surface area contributed by atoms with Crippen LogP contribution in [-0.4, -0.2) is 29.6 Å². The van der Waals surface area contributed by atoms with Crippen molar-refractivity contribution in [3.63, 3.8) is 0 Å². The highest BCUT2D eigenvalue weighted by atomic mass is 35.5. The number of hydrogen-bond acceptors (Lipinski definition) is 4. The molecule has 102 valence electrons. The monoisotopic (exact) mass is 288 g/mol. The van der Waals surface area contributed by atoms with E-state index in [1.807, 2.05) is 12.1 Å². The van der Waals surface area contributed by atoms with Crippen molar-refractivity contribution in [3.8, 4) is 5.75 Å². The highest BCUT2D eigenvalue weighted by Gasteiger charge is 2.17. The first kappa shape index (κ1) is 12.9. The van der Waals surface area contributed by atoms with Crippen molar-refractivity contribution in [2.24, 2.45) is 9.98 Å². The number of furan rings is 1. The lowest BCUT2D eigenvalue weighted by Gasteiger charge is -2.08. The SMILES string of the molecule is Oc1ccc(Cl)cc1C1=NCCN=C(c2ccco2)C1. The van der Waals surface area contributed by atoms with Crippen LogP contribution in [0.25, 0.3) is 0 Å². The zero-order valence-electron chi connectivity index (χ0n) is 10.7. The second kappa shape index (κ2) is 5.51. The van der Waals surface area contributed by atoms with Crippen molar-refractivity contribution in [1.29, 1.82) is 0 Å². The van der Waals surface area contributed by atoms with Gasteiger partial charge in [0.05, 0.1) is 30.8 Å². The van der Waals surface area contributed by atoms with Crippen LogP contribution in [0.4, 0.5) is 0 Å². The zero-order chi connectivity index (χ0) is 13.9. The summed E-state index contributed by atoms with van der Waals surface area (Å²) in [6, 6.07) is 8.66. The third kappa shape index (κ3) is 2.60. The Labute approximate surface area is 121 Å². The number of halogens is 1. The molecule has 1 aliphatic heterocycles. The highest BCUT2D eigenvalue weighted by molar-refractivity contribution is 6.31. The smallest absolute Gasteiger partial charge is 0.148 e. The van der Waals surface area contributed by atoms with Crippen LogP contribution in [0.3, 0.4) is 0 Å². The quantitative estimate of drug-likeness (QED) is 0.921. The van der Waals surface area contributed by atoms with Crippen LogP contribution in [0.1, 0.15) is 17.7 Å². The molecular formula is C15H13ClN2O2. The molecule has 1 aromatic carbocycles. The summed E-state index contributed by atoms with van der Waals surface area (Å²) in [5, 5.41) is 10.6. The second-order valence-electron chi connectivity index (χ2n) is 4.47. The average molecular weight is 289 g/mol. The minimum Gasteiger partial charge on any atom is -0.507 e. The number of aromatic hydroxyl groups is 1. The molecule has 1 aromatic heterocycles. The lowest BCUT2D eigenvalue weighted by molar-refractivity contribution is 0.474. The van der Waals surface area contributed by atoms with Crippen LogP contribution < -0.4 is 0 Å². The van der Waals surface area contributed by atoms with Gasteiger partial charge < -0.3 is 9.52 Å². The third-order valence-corrected chi connectivity index (χ3v) is 3.35. The predicted molar refractivity (Wildman–Crippen MR) is 79.2 cm³/mol. The first-order valence-corrected chi connectivity index (χ1v) is 6.71. The molecule has 3 rings (SSSR count). The van der Waals surface area contributed by atoms with Crippen molar-refractivity contribution in [2.45, 2.75) is 6.42 Å². The summed E-state index contributed by atoms with van der Waals surface area (Å²) in [7, 11) is 0. The molecule has 0 bridgehead atoms. The standard InChI is InChI=1S/C15H13ClN2O2/c16-10-3-4-14(19)11(8-10)12-9-13(18-6-5-17-12)15-2-1-7-20-15/h1-4,7-8,19H,5-6,9H2. The predicted octanol–water partition coefficient (Wildman–Crippen LogP) is 3.32. The third-order valence-electron chi connectivity index (χ3n) is 3.12. The minimum atomic E-state index is 0.175. The van der Waals surface area contributed by atoms with E-state index in [-0.39, 0.29) is 5.75 Å². The molecule has 0 aliphatic carbocycles. The Balaban J connectivity index is 1.96. The molecule has 4 nitrogen and oxygen atoms in total. The van der Waals surface area contributed by atoms with Gasteiger partial charge in [-0.2, -0.15) is 0 Å². The van der Waals surface area contributed by atoms with E-state index in [1.165, 1.54) is 0 Å². The summed E-state index contributed by atoms with van der Waals surface area (Å²) in [5.41, 5.74) is 2.27. The number of aliphatic imine (C=N–C) groups is 2. The zero-order valence-corrected chi connectivity index (χ0v) is 11.5. The number of rotatable bonds is 2. The first-order valence-electron chi connectivity index (χ1n) is 6.33. The molecule has 0 saturated carbocycles. The Morgan fingerprint density at radius 3 is 2.65 bits per heavy atom. The van der Waals surface area contributed by atoms with E-state index in [2.05, 4.69) is 9.98 Å². The number of benzene rings is 1. The van der Waals surface area contributed by atoms with E-state index in [1.54, 1.807) is 24.5 Å². The van der Waals surface area contributed by atoms with Gasteiger partial charge in [0.25, 0.3) is 0 Å². The molecule has 0 unspecified atom stereocenters. The molecule has 2 heterocycles. The molecule has 0 saturated heterocycles. The van der Waals surface area contributed by atoms with Crippen molar-refractivity contribution in [2.75, 3.05) is 13.1 Å². The van der Waals surface area contributed by atoms with Crippen LogP contribution in [0, 0.1) is 0 Å². The summed E-state index contributed by atoms with van der Waals surface area (Å²) in [4.78, 5) is 8.98. The maximum atomic E-state index is 9.99. The molecule has 0 atom stereocenters. The number of phenolic OH excluding ortho intramolecular Hbond substituents is 1. The van der Waals surface area contributed by atoms with Crippen LogP contribution in [0.15, 0.2) is 51.0 Å². The largest absolute Gasteiger partial charge is 0.507 e. The van der Waals surface area contributed by atoms with Gasteiger partial charge in [-0.1, -0.05) is 11.6 Å². The lowest BCUT2D eigenvalue weighted by atomic mass is 10.0. The Kier molecular flexibility index (Phi) is 3.56. The molecule has 1 aliphatic rings. The van der Waals surface area contributed by atoms with Gasteiger partial charge in [0.15, 0.2) is 0 Å². The molecule has 0 fully saturated rings. The van der Waals surface area contributed by atoms with Crippen molar-refractivity contribution >= 4 is 23.0 Å². The van der Waals surface area contributed by atoms with Gasteiger partial charge in [-0.05, 0) is 30.3 Å². The van der Waals surface area contributed by atoms with Gasteiger partial charge in [-0.15, -0.1) is 0 Å². The molecule has 0 spiro atoms. The average Bonchev–Trinajstić information content (AvgIpc) is 2.87. The van der Waals surface area contributed by atoms with Gasteiger partial charge in [-0.25, -0.2) is 0 Å². The van der Waals surface area contributed by atoms with Gasteiger partial charge in [0, 0.05) is 17.0 Å². The van der Waals surface area contributed by atoms with E-state index in [4.69, 9.17) is 16.0 Å². The van der Waals surface area contributed by atoms with E-state index in [9.17, 15) is 5.11 Å². The van der Waals surface area contributed by atoms with E-state index in [0.717, 1.165) is 17.2 Å². The van der Waals surface area contributed by atoms with Crippen LogP contribution in [0.2, 0.25) is 5.02 Å². The molecule has 5 heteroatoms. The highest BCUT2D eigenvalue weighted by Crippen LogP contribution is 2.25. The Morgan fingerprint density at radius 1 is 1.10 bits per heavy atom. The van der Waals surface area contributed by atoms with Crippen LogP contribution in [-0.2, 0) is 0 Å². The topological polar surface area (TPSA) is 58.1 Å². The Hall–Kier alpha value is -2.07. The Morgan fingerprint density at radius 2 is 1.90 bits per heavy atom. The van der Waals surface area contributed by atoms with Crippen molar-refractivity contribution < 1.29 is 9.52 Å². The summed E-state index contributed by atoms with van der Waals surface area (Å²) < 4.78 is 5.39. The summed E-state index contributed by atoms with van der Waals surface area (Å²) >= 11 is 6.00. The van der Waals surface area contributed by atoms with E-state index < -0.39 is 0 Å². The molecule has 1 N–H and O–H groups in total. The van der Waals surface area contributed by atoms with E-state index >= 15 is 0 Å². The molecule has 0 radical (unpaired) electrons. The van der Waals surface area contributed by atoms with Gasteiger partial charge in [0.2, 0.25) is 0 Å². The van der Waals surface area contributed by atoms with Crippen LogP contribution >= 0.6 is 11.6 Å². The van der Waals surface area contributed by atoms with Gasteiger partial charge in [0.1, 0.15) is 11.5 Å². The second-order valence-corrected chi connectivity index (χ2v) is 4.91. The van der Waals surface area contributed by atoms with Crippen molar-refractivity contribution in [3.05, 3.63) is 52.9 Å². The van der Waals surface area contributed by atoms with E-state index in [0.29, 0.717) is 30.1 Å². The number of nitrogens with zero attached hydrogens (tertiary/aromatic N) is 2. The fourth-order valence-electron chi connectivity index (χ4n) is 2.17. The molecule has 20 heavy (non-hydrogen) atoms. The molecule has 2 aromatic rings. The fraction of sp³-hybridized carbons (Fsp3) is 0.200. The number of hydrogen-bond donors (Lipinski definition) is 1. The fourth-order valence-corrected chi connectivity index (χ4v) is 2.34. The summed E-state index contributed by atoms with van der Waals surface area (Å²) in [6.07, 6.45) is 2.14. The molecule has 0 amide bonds. The maximum absolute atomic E-state index is 9.99. The molecular weight excluding hydrogens is 276 g/mol. The normalized spacial score (nSPS) is 15.4. The maximum Gasteiger partial charge on any atom is 0.148 e. The number of phenols is 1. The van der Waals surface area contributed by atoms with Crippen molar-refractivity contribution in [1.82, 2.24) is 0 Å². The lowest BCUT2D eigenvalue weighted by Crippen LogP contribution is -2.09.